The predicted octanol–water partition coefficient (Wildman–Crippen LogP) is 8.35. The first-order valence-corrected chi connectivity index (χ1v) is 11.8. The number of allylic oxidation sites excluding steroid dienone is 1. The molecule has 174 valence electrons. The lowest BCUT2D eigenvalue weighted by molar-refractivity contribution is -0.111. The third-order valence-electron chi connectivity index (χ3n) is 5.96. The van der Waals surface area contributed by atoms with E-state index < -0.39 is 0 Å². The first-order chi connectivity index (χ1) is 17.0. The summed E-state index contributed by atoms with van der Waals surface area (Å²) >= 11 is 6.19. The van der Waals surface area contributed by atoms with E-state index in [0.717, 1.165) is 44.0 Å². The molecule has 4 nitrogen and oxygen atoms in total. The maximum Gasteiger partial charge on any atom is 0.248 e. The Morgan fingerprint density at radius 1 is 0.971 bits per heavy atom. The largest absolute Gasteiger partial charge is 0.493 e. The summed E-state index contributed by atoms with van der Waals surface area (Å²) in [6, 6.07) is 25.6. The van der Waals surface area contributed by atoms with Crippen LogP contribution in [0.4, 0.5) is 5.69 Å². The van der Waals surface area contributed by atoms with Gasteiger partial charge in [0.2, 0.25) is 5.91 Å². The SMILES string of the molecule is CCOc1cc2occ(-c3cccc4ccccc34)c2cc1/C(C)=C/C(=O)Nc1ccccc1Cl. The number of para-hydroxylation sites is 1. The van der Waals surface area contributed by atoms with Crippen molar-refractivity contribution < 1.29 is 13.9 Å². The summed E-state index contributed by atoms with van der Waals surface area (Å²) in [6.07, 6.45) is 3.35. The van der Waals surface area contributed by atoms with Gasteiger partial charge in [-0.05, 0) is 54.0 Å². The van der Waals surface area contributed by atoms with E-state index in [1.54, 1.807) is 24.5 Å². The van der Waals surface area contributed by atoms with Crippen molar-refractivity contribution in [2.24, 2.45) is 0 Å². The van der Waals surface area contributed by atoms with E-state index in [0.29, 0.717) is 23.1 Å². The highest BCUT2D eigenvalue weighted by atomic mass is 35.5. The number of amides is 1. The minimum absolute atomic E-state index is 0.264. The monoisotopic (exact) mass is 481 g/mol. The zero-order valence-electron chi connectivity index (χ0n) is 19.5. The zero-order valence-corrected chi connectivity index (χ0v) is 20.2. The van der Waals surface area contributed by atoms with Gasteiger partial charge in [0, 0.05) is 28.7 Å². The molecule has 0 radical (unpaired) electrons. The van der Waals surface area contributed by atoms with Gasteiger partial charge in [-0.2, -0.15) is 0 Å². The van der Waals surface area contributed by atoms with Gasteiger partial charge in [-0.25, -0.2) is 0 Å². The van der Waals surface area contributed by atoms with Gasteiger partial charge in [-0.3, -0.25) is 4.79 Å². The van der Waals surface area contributed by atoms with E-state index in [9.17, 15) is 4.79 Å². The number of carbonyl (C=O) groups is 1. The number of furan rings is 1. The Morgan fingerprint density at radius 3 is 2.57 bits per heavy atom. The number of halogens is 1. The molecule has 1 amide bonds. The number of rotatable bonds is 6. The Balaban J connectivity index is 1.59. The normalized spacial score (nSPS) is 11.7. The summed E-state index contributed by atoms with van der Waals surface area (Å²) in [5.74, 6) is 0.401. The molecule has 0 aliphatic carbocycles. The predicted molar refractivity (Wildman–Crippen MR) is 144 cm³/mol. The first kappa shape index (κ1) is 22.8. The molecule has 0 aliphatic rings. The van der Waals surface area contributed by atoms with Crippen molar-refractivity contribution in [3.8, 4) is 16.9 Å². The number of ether oxygens (including phenoxy) is 1. The summed E-state index contributed by atoms with van der Waals surface area (Å²) in [6.45, 7) is 4.32. The van der Waals surface area contributed by atoms with Gasteiger partial charge in [0.05, 0.1) is 23.6 Å². The van der Waals surface area contributed by atoms with Crippen LogP contribution < -0.4 is 10.1 Å². The quantitative estimate of drug-likeness (QED) is 0.248. The van der Waals surface area contributed by atoms with Crippen molar-refractivity contribution in [2.45, 2.75) is 13.8 Å². The van der Waals surface area contributed by atoms with Gasteiger partial charge in [-0.15, -0.1) is 0 Å². The molecule has 1 N–H and O–H groups in total. The standard InChI is InChI=1S/C30H24ClNO3/c1-3-34-28-17-29-24(25(18-35-29)22-12-8-10-20-9-4-5-11-21(20)22)16-23(28)19(2)15-30(33)32-27-14-7-6-13-26(27)31/h4-18H,3H2,1-2H3,(H,32,33)/b19-15+. The highest BCUT2D eigenvalue weighted by Crippen LogP contribution is 2.39. The van der Waals surface area contributed by atoms with Gasteiger partial charge in [0.1, 0.15) is 11.3 Å². The molecular formula is C30H24ClNO3. The molecular weight excluding hydrogens is 458 g/mol. The molecule has 5 aromatic rings. The molecule has 1 aromatic heterocycles. The van der Waals surface area contributed by atoms with Gasteiger partial charge in [-0.1, -0.05) is 66.2 Å². The lowest BCUT2D eigenvalue weighted by atomic mass is 9.96. The smallest absolute Gasteiger partial charge is 0.248 e. The average molecular weight is 482 g/mol. The number of hydrogen-bond acceptors (Lipinski definition) is 3. The molecule has 35 heavy (non-hydrogen) atoms. The zero-order chi connectivity index (χ0) is 24.4. The van der Waals surface area contributed by atoms with E-state index in [1.807, 2.05) is 50.2 Å². The van der Waals surface area contributed by atoms with Crippen molar-refractivity contribution in [3.05, 3.63) is 102 Å². The Kier molecular flexibility index (Phi) is 6.30. The molecule has 1 heterocycles. The minimum Gasteiger partial charge on any atom is -0.493 e. The number of fused-ring (bicyclic) bond motifs is 2. The van der Waals surface area contributed by atoms with E-state index in [-0.39, 0.29) is 5.91 Å². The Labute approximate surface area is 208 Å². The van der Waals surface area contributed by atoms with Crippen molar-refractivity contribution in [1.29, 1.82) is 0 Å². The lowest BCUT2D eigenvalue weighted by Crippen LogP contribution is -2.09. The minimum atomic E-state index is -0.264. The summed E-state index contributed by atoms with van der Waals surface area (Å²) in [7, 11) is 0. The van der Waals surface area contributed by atoms with Crippen LogP contribution in [0.15, 0.2) is 95.6 Å². The lowest BCUT2D eigenvalue weighted by Gasteiger charge is -2.12. The second-order valence-corrected chi connectivity index (χ2v) is 8.66. The molecule has 4 aromatic carbocycles. The average Bonchev–Trinajstić information content (AvgIpc) is 3.27. The molecule has 0 aliphatic heterocycles. The second kappa shape index (κ2) is 9.69. The number of anilines is 1. The van der Waals surface area contributed by atoms with E-state index in [2.05, 4.69) is 35.6 Å². The van der Waals surface area contributed by atoms with Crippen LogP contribution in [-0.2, 0) is 4.79 Å². The fourth-order valence-electron chi connectivity index (χ4n) is 4.31. The third kappa shape index (κ3) is 4.53. The van der Waals surface area contributed by atoms with Crippen LogP contribution in [0.3, 0.4) is 0 Å². The Hall–Kier alpha value is -4.02. The summed E-state index contributed by atoms with van der Waals surface area (Å²) in [5, 5.41) is 6.61. The van der Waals surface area contributed by atoms with Gasteiger partial charge in [0.15, 0.2) is 0 Å². The first-order valence-electron chi connectivity index (χ1n) is 11.5. The van der Waals surface area contributed by atoms with Crippen LogP contribution in [0, 0.1) is 0 Å². The number of carbonyl (C=O) groups excluding carboxylic acids is 1. The number of nitrogens with one attached hydrogen (secondary N) is 1. The Morgan fingerprint density at radius 2 is 1.74 bits per heavy atom. The van der Waals surface area contributed by atoms with Crippen molar-refractivity contribution in [3.63, 3.8) is 0 Å². The summed E-state index contributed by atoms with van der Waals surface area (Å²) in [4.78, 5) is 12.8. The van der Waals surface area contributed by atoms with Crippen LogP contribution >= 0.6 is 11.6 Å². The maximum absolute atomic E-state index is 12.8. The van der Waals surface area contributed by atoms with Crippen LogP contribution in [0.2, 0.25) is 5.02 Å². The fraction of sp³-hybridized carbons (Fsp3) is 0.100. The molecule has 5 rings (SSSR count). The van der Waals surface area contributed by atoms with E-state index in [4.69, 9.17) is 20.8 Å². The van der Waals surface area contributed by atoms with E-state index in [1.165, 1.54) is 0 Å². The van der Waals surface area contributed by atoms with Gasteiger partial charge >= 0.3 is 0 Å². The second-order valence-electron chi connectivity index (χ2n) is 8.25. The Bertz CT molecular complexity index is 1580. The van der Waals surface area contributed by atoms with Crippen molar-refractivity contribution in [2.75, 3.05) is 11.9 Å². The van der Waals surface area contributed by atoms with Gasteiger partial charge in [0.25, 0.3) is 0 Å². The third-order valence-corrected chi connectivity index (χ3v) is 6.29. The van der Waals surface area contributed by atoms with Crippen molar-refractivity contribution >= 4 is 50.5 Å². The highest BCUT2D eigenvalue weighted by molar-refractivity contribution is 6.33. The molecule has 0 saturated carbocycles. The topological polar surface area (TPSA) is 51.5 Å². The number of benzene rings is 4. The summed E-state index contributed by atoms with van der Waals surface area (Å²) < 4.78 is 11.9. The molecule has 0 saturated heterocycles. The highest BCUT2D eigenvalue weighted by Gasteiger charge is 2.16. The molecule has 0 fully saturated rings. The molecule has 0 bridgehead atoms. The summed E-state index contributed by atoms with van der Waals surface area (Å²) in [5.41, 5.74) is 4.98. The molecule has 0 spiro atoms. The van der Waals surface area contributed by atoms with Crippen LogP contribution in [0.5, 0.6) is 5.75 Å². The maximum atomic E-state index is 12.8. The molecule has 5 heteroatoms. The number of hydrogen-bond donors (Lipinski definition) is 1. The van der Waals surface area contributed by atoms with E-state index >= 15 is 0 Å². The molecule has 0 atom stereocenters. The van der Waals surface area contributed by atoms with Crippen molar-refractivity contribution in [1.82, 2.24) is 0 Å². The molecule has 0 unspecified atom stereocenters. The van der Waals surface area contributed by atoms with Crippen LogP contribution in [-0.4, -0.2) is 12.5 Å². The van der Waals surface area contributed by atoms with Crippen LogP contribution in [0.1, 0.15) is 19.4 Å². The fourth-order valence-corrected chi connectivity index (χ4v) is 4.50. The van der Waals surface area contributed by atoms with Gasteiger partial charge < -0.3 is 14.5 Å². The van der Waals surface area contributed by atoms with Crippen LogP contribution in [0.25, 0.3) is 38.4 Å².